The van der Waals surface area contributed by atoms with Gasteiger partial charge in [-0.2, -0.15) is 0 Å². The second-order valence-corrected chi connectivity index (χ2v) is 5.78. The van der Waals surface area contributed by atoms with Gasteiger partial charge in [0.15, 0.2) is 5.78 Å². The summed E-state index contributed by atoms with van der Waals surface area (Å²) in [5.41, 5.74) is 2.59. The highest BCUT2D eigenvalue weighted by Crippen LogP contribution is 2.31. The number of carbonyl (C=O) groups is 1. The zero-order valence-corrected chi connectivity index (χ0v) is 11.9. The van der Waals surface area contributed by atoms with Crippen LogP contribution < -0.4 is 0 Å². The summed E-state index contributed by atoms with van der Waals surface area (Å²) in [7, 11) is 0. The van der Waals surface area contributed by atoms with Crippen molar-refractivity contribution in [2.75, 3.05) is 0 Å². The number of benzene rings is 1. The van der Waals surface area contributed by atoms with Gasteiger partial charge >= 0.3 is 0 Å². The van der Waals surface area contributed by atoms with E-state index in [-0.39, 0.29) is 11.7 Å². The molecule has 1 aromatic carbocycles. The van der Waals surface area contributed by atoms with E-state index >= 15 is 0 Å². The second kappa shape index (κ2) is 5.49. The van der Waals surface area contributed by atoms with Crippen LogP contribution in [0.3, 0.4) is 0 Å². The number of aryl methyl sites for hydroxylation is 1. The van der Waals surface area contributed by atoms with Gasteiger partial charge in [-0.05, 0) is 29.7 Å². The van der Waals surface area contributed by atoms with E-state index in [9.17, 15) is 4.79 Å². The van der Waals surface area contributed by atoms with E-state index in [2.05, 4.69) is 37.3 Å². The van der Waals surface area contributed by atoms with Gasteiger partial charge in [-0.25, -0.2) is 0 Å². The zero-order valence-electron chi connectivity index (χ0n) is 11.1. The molecule has 0 atom stereocenters. The highest BCUT2D eigenvalue weighted by Gasteiger charge is 2.14. The molecule has 18 heavy (non-hydrogen) atoms. The van der Waals surface area contributed by atoms with Crippen molar-refractivity contribution in [2.45, 2.75) is 27.2 Å². The Hall–Kier alpha value is -1.41. The van der Waals surface area contributed by atoms with Gasteiger partial charge in [-0.3, -0.25) is 4.79 Å². The van der Waals surface area contributed by atoms with Crippen LogP contribution in [0.25, 0.3) is 10.4 Å². The summed E-state index contributed by atoms with van der Waals surface area (Å²) >= 11 is 1.60. The Labute approximate surface area is 112 Å². The number of carbonyl (C=O) groups excluding carboxylic acids is 1. The van der Waals surface area contributed by atoms with Crippen molar-refractivity contribution in [1.29, 1.82) is 0 Å². The first kappa shape index (κ1) is 13.0. The molecule has 0 saturated heterocycles. The lowest BCUT2D eigenvalue weighted by atomic mass is 10.0. The lowest BCUT2D eigenvalue weighted by Crippen LogP contribution is -2.04. The first-order chi connectivity index (χ1) is 8.63. The molecule has 0 fully saturated rings. The van der Waals surface area contributed by atoms with E-state index in [1.165, 1.54) is 16.0 Å². The lowest BCUT2D eigenvalue weighted by Gasteiger charge is -2.04. The molecule has 1 aromatic heterocycles. The molecule has 0 radical (unpaired) electrons. The largest absolute Gasteiger partial charge is 0.293 e. The molecule has 94 valence electrons. The SMILES string of the molecule is CCc1ccccc1-c1ccc(C(=O)C(C)C)s1. The summed E-state index contributed by atoms with van der Waals surface area (Å²) in [6.45, 7) is 6.05. The molecule has 0 unspecified atom stereocenters. The van der Waals surface area contributed by atoms with Gasteiger partial charge in [0.2, 0.25) is 0 Å². The van der Waals surface area contributed by atoms with Crippen molar-refractivity contribution in [3.8, 4) is 10.4 Å². The summed E-state index contributed by atoms with van der Waals surface area (Å²) in [5, 5.41) is 0. The first-order valence-corrected chi connectivity index (χ1v) is 7.17. The minimum Gasteiger partial charge on any atom is -0.293 e. The summed E-state index contributed by atoms with van der Waals surface area (Å²) in [5.74, 6) is 0.304. The molecule has 1 nitrogen and oxygen atoms in total. The van der Waals surface area contributed by atoms with E-state index in [1.807, 2.05) is 19.9 Å². The van der Waals surface area contributed by atoms with Crippen LogP contribution in [0.5, 0.6) is 0 Å². The smallest absolute Gasteiger partial charge is 0.175 e. The van der Waals surface area contributed by atoms with Crippen LogP contribution >= 0.6 is 11.3 Å². The van der Waals surface area contributed by atoms with Crippen molar-refractivity contribution in [3.63, 3.8) is 0 Å². The number of hydrogen-bond acceptors (Lipinski definition) is 2. The topological polar surface area (TPSA) is 17.1 Å². The van der Waals surface area contributed by atoms with E-state index < -0.39 is 0 Å². The van der Waals surface area contributed by atoms with Gasteiger partial charge in [0.25, 0.3) is 0 Å². The molecule has 0 saturated carbocycles. The predicted octanol–water partition coefficient (Wildman–Crippen LogP) is 4.82. The van der Waals surface area contributed by atoms with Gasteiger partial charge in [-0.15, -0.1) is 11.3 Å². The Balaban J connectivity index is 2.38. The van der Waals surface area contributed by atoms with Crippen LogP contribution in [0.2, 0.25) is 0 Å². The Morgan fingerprint density at radius 2 is 1.89 bits per heavy atom. The van der Waals surface area contributed by atoms with E-state index in [1.54, 1.807) is 11.3 Å². The molecule has 2 rings (SSSR count). The van der Waals surface area contributed by atoms with Crippen LogP contribution in [0.4, 0.5) is 0 Å². The molecular weight excluding hydrogens is 240 g/mol. The first-order valence-electron chi connectivity index (χ1n) is 6.35. The van der Waals surface area contributed by atoms with E-state index in [0.29, 0.717) is 0 Å². The van der Waals surface area contributed by atoms with Crippen molar-refractivity contribution in [3.05, 3.63) is 46.8 Å². The van der Waals surface area contributed by atoms with Crippen LogP contribution in [-0.2, 0) is 6.42 Å². The fraction of sp³-hybridized carbons (Fsp3) is 0.312. The Bertz CT molecular complexity index is 552. The molecule has 0 N–H and O–H groups in total. The Morgan fingerprint density at radius 1 is 1.17 bits per heavy atom. The predicted molar refractivity (Wildman–Crippen MR) is 78.3 cm³/mol. The maximum atomic E-state index is 12.0. The van der Waals surface area contributed by atoms with Gasteiger partial charge in [0.05, 0.1) is 4.88 Å². The van der Waals surface area contributed by atoms with Gasteiger partial charge in [0.1, 0.15) is 0 Å². The van der Waals surface area contributed by atoms with Crippen LogP contribution in [0, 0.1) is 5.92 Å². The third kappa shape index (κ3) is 2.54. The summed E-state index contributed by atoms with van der Waals surface area (Å²) in [4.78, 5) is 14.0. The molecule has 0 aliphatic carbocycles. The van der Waals surface area contributed by atoms with Gasteiger partial charge in [0, 0.05) is 10.8 Å². The zero-order chi connectivity index (χ0) is 13.1. The number of hydrogen-bond donors (Lipinski definition) is 0. The van der Waals surface area contributed by atoms with Crippen molar-refractivity contribution in [1.82, 2.24) is 0 Å². The molecule has 0 aliphatic heterocycles. The van der Waals surface area contributed by atoms with Crippen molar-refractivity contribution in [2.24, 2.45) is 5.92 Å². The summed E-state index contributed by atoms with van der Waals surface area (Å²) in [6.07, 6.45) is 1.02. The van der Waals surface area contributed by atoms with Crippen LogP contribution in [-0.4, -0.2) is 5.78 Å². The third-order valence-corrected chi connectivity index (χ3v) is 4.17. The van der Waals surface area contributed by atoms with Gasteiger partial charge in [-0.1, -0.05) is 45.0 Å². The average Bonchev–Trinajstić information content (AvgIpc) is 2.87. The third-order valence-electron chi connectivity index (χ3n) is 3.04. The quantitative estimate of drug-likeness (QED) is 0.719. The highest BCUT2D eigenvalue weighted by atomic mass is 32.1. The minimum absolute atomic E-state index is 0.0675. The van der Waals surface area contributed by atoms with Crippen molar-refractivity contribution >= 4 is 17.1 Å². The molecule has 1 heterocycles. The Morgan fingerprint density at radius 3 is 2.56 bits per heavy atom. The maximum absolute atomic E-state index is 12.0. The molecule has 2 heteroatoms. The minimum atomic E-state index is 0.0675. The number of Topliss-reactive ketones (excluding diaryl/α,β-unsaturated/α-hetero) is 1. The molecule has 0 spiro atoms. The number of rotatable bonds is 4. The van der Waals surface area contributed by atoms with E-state index in [0.717, 1.165) is 11.3 Å². The maximum Gasteiger partial charge on any atom is 0.175 e. The van der Waals surface area contributed by atoms with Gasteiger partial charge < -0.3 is 0 Å². The average molecular weight is 258 g/mol. The number of thiophene rings is 1. The van der Waals surface area contributed by atoms with E-state index in [4.69, 9.17) is 0 Å². The fourth-order valence-electron chi connectivity index (χ4n) is 1.97. The van der Waals surface area contributed by atoms with Crippen LogP contribution in [0.15, 0.2) is 36.4 Å². The standard InChI is InChI=1S/C16H18OS/c1-4-12-7-5-6-8-13(12)14-9-10-15(18-14)16(17)11(2)3/h5-11H,4H2,1-3H3. The molecule has 2 aromatic rings. The molecular formula is C16H18OS. The summed E-state index contributed by atoms with van der Waals surface area (Å²) < 4.78 is 0. The molecule has 0 bridgehead atoms. The molecule has 0 aliphatic rings. The van der Waals surface area contributed by atoms with Crippen LogP contribution in [0.1, 0.15) is 36.0 Å². The number of ketones is 1. The molecule has 0 amide bonds. The summed E-state index contributed by atoms with van der Waals surface area (Å²) in [6, 6.07) is 12.4. The monoisotopic (exact) mass is 258 g/mol. The lowest BCUT2D eigenvalue weighted by molar-refractivity contribution is 0.0943. The second-order valence-electron chi connectivity index (χ2n) is 4.69. The van der Waals surface area contributed by atoms with Crippen molar-refractivity contribution < 1.29 is 4.79 Å². The normalized spacial score (nSPS) is 10.9. The Kier molecular flexibility index (Phi) is 3.97. The fourth-order valence-corrected chi connectivity index (χ4v) is 3.12. The highest BCUT2D eigenvalue weighted by molar-refractivity contribution is 7.17.